The van der Waals surface area contributed by atoms with Crippen LogP contribution in [-0.4, -0.2) is 54.3 Å². The van der Waals surface area contributed by atoms with Gasteiger partial charge < -0.3 is 25.4 Å². The maximum absolute atomic E-state index is 12.5. The zero-order valence-corrected chi connectivity index (χ0v) is 28.8. The van der Waals surface area contributed by atoms with E-state index in [-0.39, 0.29) is 39.1 Å². The van der Waals surface area contributed by atoms with Crippen LogP contribution in [0.5, 0.6) is 17.2 Å². The molecule has 16 nitrogen and oxygen atoms in total. The maximum atomic E-state index is 12.5. The van der Waals surface area contributed by atoms with E-state index in [2.05, 4.69) is 25.8 Å². The van der Waals surface area contributed by atoms with Gasteiger partial charge in [0.25, 0.3) is 20.2 Å². The number of azo groups is 2. The summed E-state index contributed by atoms with van der Waals surface area (Å²) in [6, 6.07) is 15.1. The van der Waals surface area contributed by atoms with E-state index < -0.39 is 53.2 Å². The zero-order valence-electron chi connectivity index (χ0n) is 27.1. The molecule has 0 heterocycles. The summed E-state index contributed by atoms with van der Waals surface area (Å²) in [7, 11) is -8.27. The van der Waals surface area contributed by atoms with Gasteiger partial charge in [0.15, 0.2) is 5.75 Å². The lowest BCUT2D eigenvalue weighted by Crippen LogP contribution is -2.00. The Hall–Kier alpha value is -5.95. The summed E-state index contributed by atoms with van der Waals surface area (Å²) in [4.78, 5) is 10.2. The first-order chi connectivity index (χ1) is 23.9. The van der Waals surface area contributed by atoms with E-state index in [1.165, 1.54) is 61.7 Å². The van der Waals surface area contributed by atoms with Gasteiger partial charge in [-0.05, 0) is 97.4 Å². The standard InChI is InChI=1S/C33H29N5O11S2/c1-16-9-18(3)30(28(10-16)50(43,44)45)37-35-24-15-27(49-4)25(11-17(24)2)36-38-31-29(51(46,47)48)13-19-12-20(5-7-22(19)32(31)40)34-21-6-8-26(39)23(14-21)33(41)42/h5-15,34,39-40H,1-4H3,(H,41,42)(H,43,44,45)(H,46,47,48). The van der Waals surface area contributed by atoms with Crippen LogP contribution >= 0.6 is 0 Å². The summed E-state index contributed by atoms with van der Waals surface area (Å²) < 4.78 is 74.1. The van der Waals surface area contributed by atoms with Crippen LogP contribution in [0.2, 0.25) is 0 Å². The fourth-order valence-corrected chi connectivity index (χ4v) is 6.58. The van der Waals surface area contributed by atoms with Crippen molar-refractivity contribution in [3.8, 4) is 17.2 Å². The van der Waals surface area contributed by atoms with Crippen molar-refractivity contribution in [2.45, 2.75) is 30.6 Å². The highest BCUT2D eigenvalue weighted by Gasteiger charge is 2.23. The number of phenols is 2. The Morgan fingerprint density at radius 3 is 1.96 bits per heavy atom. The number of anilines is 2. The van der Waals surface area contributed by atoms with E-state index in [1.807, 2.05) is 0 Å². The number of rotatable bonds is 10. The third-order valence-corrected chi connectivity index (χ3v) is 9.28. The molecule has 0 bridgehead atoms. The van der Waals surface area contributed by atoms with Crippen LogP contribution in [0, 0.1) is 20.8 Å². The highest BCUT2D eigenvalue weighted by atomic mass is 32.2. The minimum Gasteiger partial charge on any atom is -0.507 e. The van der Waals surface area contributed by atoms with Crippen molar-refractivity contribution in [2.75, 3.05) is 12.4 Å². The Bertz CT molecular complexity index is 2540. The average molecular weight is 736 g/mol. The van der Waals surface area contributed by atoms with Gasteiger partial charge in [0.2, 0.25) is 0 Å². The van der Waals surface area contributed by atoms with Gasteiger partial charge in [-0.15, -0.1) is 15.3 Å². The average Bonchev–Trinajstić information content (AvgIpc) is 3.04. The highest BCUT2D eigenvalue weighted by Crippen LogP contribution is 2.44. The van der Waals surface area contributed by atoms with Crippen molar-refractivity contribution in [1.29, 1.82) is 0 Å². The van der Waals surface area contributed by atoms with Crippen molar-refractivity contribution in [3.63, 3.8) is 0 Å². The molecule has 0 amide bonds. The molecular formula is C33H29N5O11S2. The number of carboxylic acids is 1. The Morgan fingerprint density at radius 1 is 0.706 bits per heavy atom. The molecule has 51 heavy (non-hydrogen) atoms. The number of nitrogens with zero attached hydrogens (tertiary/aromatic N) is 4. The molecule has 0 radical (unpaired) electrons. The topological polar surface area (TPSA) is 257 Å². The van der Waals surface area contributed by atoms with Crippen molar-refractivity contribution in [1.82, 2.24) is 0 Å². The second kappa shape index (κ2) is 13.8. The molecule has 0 saturated heterocycles. The number of phenolic OH excluding ortho intramolecular Hbond substituents is 1. The van der Waals surface area contributed by atoms with Crippen LogP contribution in [0.25, 0.3) is 10.8 Å². The predicted molar refractivity (Wildman–Crippen MR) is 186 cm³/mol. The van der Waals surface area contributed by atoms with Crippen LogP contribution in [0.4, 0.5) is 34.1 Å². The van der Waals surface area contributed by atoms with Crippen LogP contribution < -0.4 is 10.1 Å². The molecule has 0 aromatic heterocycles. The van der Waals surface area contributed by atoms with Gasteiger partial charge >= 0.3 is 5.97 Å². The maximum Gasteiger partial charge on any atom is 0.339 e. The predicted octanol–water partition coefficient (Wildman–Crippen LogP) is 7.95. The van der Waals surface area contributed by atoms with E-state index in [0.717, 1.165) is 6.07 Å². The lowest BCUT2D eigenvalue weighted by atomic mass is 10.1. The number of methoxy groups -OCH3 is 1. The highest BCUT2D eigenvalue weighted by molar-refractivity contribution is 7.86. The molecule has 18 heteroatoms. The number of benzene rings is 5. The van der Waals surface area contributed by atoms with E-state index >= 15 is 0 Å². The molecule has 0 unspecified atom stereocenters. The van der Waals surface area contributed by atoms with Crippen molar-refractivity contribution >= 4 is 71.1 Å². The Labute approximate surface area is 290 Å². The fourth-order valence-electron chi connectivity index (χ4n) is 5.14. The van der Waals surface area contributed by atoms with E-state index in [1.54, 1.807) is 26.8 Å². The van der Waals surface area contributed by atoms with Gasteiger partial charge in [0.1, 0.15) is 43.9 Å². The van der Waals surface area contributed by atoms with E-state index in [4.69, 9.17) is 4.74 Å². The number of hydrogen-bond acceptors (Lipinski definition) is 13. The monoisotopic (exact) mass is 735 g/mol. The number of nitrogens with one attached hydrogen (secondary N) is 1. The minimum atomic E-state index is -4.97. The SMILES string of the molecule is COc1cc(N=Nc2c(C)cc(C)cc2S(=O)(=O)O)c(C)cc1N=Nc1c(S(=O)(=O)O)cc2cc(Nc3ccc(O)c(C(=O)O)c3)ccc2c1O. The minimum absolute atomic E-state index is 0.0639. The summed E-state index contributed by atoms with van der Waals surface area (Å²) in [5.74, 6) is -2.33. The first-order valence-corrected chi connectivity index (χ1v) is 17.5. The Morgan fingerprint density at radius 2 is 1.31 bits per heavy atom. The molecule has 0 saturated carbocycles. The summed E-state index contributed by atoms with van der Waals surface area (Å²) >= 11 is 0. The fraction of sp³-hybridized carbons (Fsp3) is 0.121. The van der Waals surface area contributed by atoms with Gasteiger partial charge in [0.05, 0.1) is 12.8 Å². The van der Waals surface area contributed by atoms with Crippen molar-refractivity contribution in [2.24, 2.45) is 20.5 Å². The van der Waals surface area contributed by atoms with Crippen LogP contribution in [-0.2, 0) is 20.2 Å². The lowest BCUT2D eigenvalue weighted by molar-refractivity contribution is 0.0693. The third-order valence-electron chi connectivity index (χ3n) is 7.55. The molecular weight excluding hydrogens is 707 g/mol. The molecule has 0 aliphatic rings. The number of carboxylic acid groups (broad SMARTS) is 1. The number of ether oxygens (including phenoxy) is 1. The third kappa shape index (κ3) is 7.78. The normalized spacial score (nSPS) is 12.2. The number of hydrogen-bond donors (Lipinski definition) is 6. The van der Waals surface area contributed by atoms with Crippen LogP contribution in [0.15, 0.2) is 97.0 Å². The van der Waals surface area contributed by atoms with Gasteiger partial charge in [-0.3, -0.25) is 9.11 Å². The smallest absolute Gasteiger partial charge is 0.339 e. The molecule has 0 fully saturated rings. The van der Waals surface area contributed by atoms with E-state index in [9.17, 15) is 46.1 Å². The number of aromatic hydroxyl groups is 2. The summed E-state index contributed by atoms with van der Waals surface area (Å²) in [6.45, 7) is 4.90. The number of aromatic carboxylic acids is 1. The largest absolute Gasteiger partial charge is 0.507 e. The molecule has 264 valence electrons. The van der Waals surface area contributed by atoms with E-state index in [0.29, 0.717) is 28.1 Å². The molecule has 0 atom stereocenters. The van der Waals surface area contributed by atoms with Gasteiger partial charge in [-0.25, -0.2) is 4.79 Å². The molecule has 0 aliphatic carbocycles. The molecule has 0 aliphatic heterocycles. The Balaban J connectivity index is 1.53. The van der Waals surface area contributed by atoms with Gasteiger partial charge in [0, 0.05) is 22.8 Å². The van der Waals surface area contributed by atoms with Crippen molar-refractivity contribution in [3.05, 3.63) is 89.0 Å². The van der Waals surface area contributed by atoms with Gasteiger partial charge in [-0.2, -0.15) is 21.9 Å². The molecule has 6 N–H and O–H groups in total. The summed E-state index contributed by atoms with van der Waals surface area (Å²) in [6.07, 6.45) is 0. The second-order valence-electron chi connectivity index (χ2n) is 11.3. The molecule has 0 spiro atoms. The molecule has 5 aromatic carbocycles. The van der Waals surface area contributed by atoms with Gasteiger partial charge in [-0.1, -0.05) is 6.07 Å². The first kappa shape index (κ1) is 36.3. The summed E-state index contributed by atoms with van der Waals surface area (Å²) in [5, 5.41) is 49.7. The number of fused-ring (bicyclic) bond motifs is 1. The number of aryl methyl sites for hydroxylation is 3. The quantitative estimate of drug-likeness (QED) is 0.0453. The lowest BCUT2D eigenvalue weighted by Gasteiger charge is -2.12. The first-order valence-electron chi connectivity index (χ1n) is 14.6. The zero-order chi connectivity index (χ0) is 37.4. The second-order valence-corrected chi connectivity index (χ2v) is 14.0. The molecule has 5 rings (SSSR count). The number of carbonyl (C=O) groups is 1. The Kier molecular flexibility index (Phi) is 9.80. The summed E-state index contributed by atoms with van der Waals surface area (Å²) in [5.41, 5.74) is 1.44. The molecule has 5 aromatic rings. The van der Waals surface area contributed by atoms with Crippen LogP contribution in [0.3, 0.4) is 0 Å². The van der Waals surface area contributed by atoms with Crippen LogP contribution in [0.1, 0.15) is 27.0 Å². The van der Waals surface area contributed by atoms with Crippen molar-refractivity contribution < 1.29 is 50.8 Å².